The molecule has 2 aromatic rings. The smallest absolute Gasteiger partial charge is 0.0401 e. The molecule has 2 aromatic carbocycles. The first-order valence-corrected chi connectivity index (χ1v) is 6.64. The molecule has 0 heterocycles. The average Bonchev–Trinajstić information content (AvgIpc) is 2.37. The van der Waals surface area contributed by atoms with Gasteiger partial charge in [-0.1, -0.05) is 47.1 Å². The van der Waals surface area contributed by atoms with Gasteiger partial charge in [-0.25, -0.2) is 0 Å². The first-order valence-electron chi connectivity index (χ1n) is 5.85. The SMILES string of the molecule is CCc1cccc(NCc2cccc(Br)c2)c1. The molecule has 0 saturated heterocycles. The van der Waals surface area contributed by atoms with Gasteiger partial charge in [0.25, 0.3) is 0 Å². The monoisotopic (exact) mass is 289 g/mol. The predicted molar refractivity (Wildman–Crippen MR) is 77.3 cm³/mol. The van der Waals surface area contributed by atoms with Crippen LogP contribution in [0.2, 0.25) is 0 Å². The maximum atomic E-state index is 3.48. The minimum absolute atomic E-state index is 0.854. The van der Waals surface area contributed by atoms with Crippen molar-refractivity contribution in [3.05, 3.63) is 64.1 Å². The molecule has 1 nitrogen and oxygen atoms in total. The third kappa shape index (κ3) is 3.60. The van der Waals surface area contributed by atoms with Crippen LogP contribution in [-0.4, -0.2) is 0 Å². The van der Waals surface area contributed by atoms with E-state index >= 15 is 0 Å². The van der Waals surface area contributed by atoms with E-state index in [4.69, 9.17) is 0 Å². The summed E-state index contributed by atoms with van der Waals surface area (Å²) in [4.78, 5) is 0. The van der Waals surface area contributed by atoms with Gasteiger partial charge in [0.05, 0.1) is 0 Å². The Morgan fingerprint density at radius 2 is 1.76 bits per heavy atom. The number of benzene rings is 2. The highest BCUT2D eigenvalue weighted by Crippen LogP contribution is 2.15. The van der Waals surface area contributed by atoms with E-state index in [1.165, 1.54) is 16.8 Å². The summed E-state index contributed by atoms with van der Waals surface area (Å²) in [5, 5.41) is 3.44. The second kappa shape index (κ2) is 5.87. The normalized spacial score (nSPS) is 10.2. The Morgan fingerprint density at radius 3 is 2.53 bits per heavy atom. The fourth-order valence-corrected chi connectivity index (χ4v) is 2.20. The predicted octanol–water partition coefficient (Wildman–Crippen LogP) is 4.62. The molecule has 0 aliphatic rings. The lowest BCUT2D eigenvalue weighted by atomic mass is 10.1. The zero-order valence-electron chi connectivity index (χ0n) is 9.91. The Hall–Kier alpha value is -1.28. The Bertz CT molecular complexity index is 494. The summed E-state index contributed by atoms with van der Waals surface area (Å²) >= 11 is 3.48. The molecular weight excluding hydrogens is 274 g/mol. The number of hydrogen-bond donors (Lipinski definition) is 1. The molecule has 0 radical (unpaired) electrons. The van der Waals surface area contributed by atoms with Crippen molar-refractivity contribution in [2.24, 2.45) is 0 Å². The zero-order valence-corrected chi connectivity index (χ0v) is 11.5. The summed E-state index contributed by atoms with van der Waals surface area (Å²) in [5.74, 6) is 0. The van der Waals surface area contributed by atoms with Gasteiger partial charge in [0.15, 0.2) is 0 Å². The minimum Gasteiger partial charge on any atom is -0.381 e. The largest absolute Gasteiger partial charge is 0.381 e. The van der Waals surface area contributed by atoms with Crippen LogP contribution in [0.25, 0.3) is 0 Å². The van der Waals surface area contributed by atoms with Crippen LogP contribution in [-0.2, 0) is 13.0 Å². The third-order valence-electron chi connectivity index (χ3n) is 2.72. The number of hydrogen-bond acceptors (Lipinski definition) is 1. The minimum atomic E-state index is 0.854. The average molecular weight is 290 g/mol. The molecule has 17 heavy (non-hydrogen) atoms. The van der Waals surface area contributed by atoms with Gasteiger partial charge in [-0.3, -0.25) is 0 Å². The summed E-state index contributed by atoms with van der Waals surface area (Å²) in [5.41, 5.74) is 3.83. The third-order valence-corrected chi connectivity index (χ3v) is 3.21. The van der Waals surface area contributed by atoms with Crippen molar-refractivity contribution >= 4 is 21.6 Å². The molecule has 0 spiro atoms. The molecule has 0 amide bonds. The van der Waals surface area contributed by atoms with Crippen LogP contribution < -0.4 is 5.32 Å². The summed E-state index contributed by atoms with van der Waals surface area (Å²) in [6.07, 6.45) is 1.08. The fourth-order valence-electron chi connectivity index (χ4n) is 1.75. The van der Waals surface area contributed by atoms with Gasteiger partial charge < -0.3 is 5.32 Å². The fraction of sp³-hybridized carbons (Fsp3) is 0.200. The van der Waals surface area contributed by atoms with Crippen LogP contribution in [0.15, 0.2) is 53.0 Å². The van der Waals surface area contributed by atoms with Crippen molar-refractivity contribution in [1.29, 1.82) is 0 Å². The van der Waals surface area contributed by atoms with E-state index in [1.807, 2.05) is 6.07 Å². The molecule has 0 bridgehead atoms. The lowest BCUT2D eigenvalue weighted by Crippen LogP contribution is -1.99. The van der Waals surface area contributed by atoms with Crippen LogP contribution in [0.5, 0.6) is 0 Å². The van der Waals surface area contributed by atoms with Gasteiger partial charge in [0, 0.05) is 16.7 Å². The highest BCUT2D eigenvalue weighted by atomic mass is 79.9. The highest BCUT2D eigenvalue weighted by molar-refractivity contribution is 9.10. The van der Waals surface area contributed by atoms with Crippen molar-refractivity contribution in [3.8, 4) is 0 Å². The zero-order chi connectivity index (χ0) is 12.1. The van der Waals surface area contributed by atoms with E-state index in [0.717, 1.165) is 17.4 Å². The Balaban J connectivity index is 2.02. The molecule has 88 valence electrons. The van der Waals surface area contributed by atoms with Gasteiger partial charge in [0.2, 0.25) is 0 Å². The van der Waals surface area contributed by atoms with Crippen molar-refractivity contribution in [2.45, 2.75) is 19.9 Å². The Morgan fingerprint density at radius 1 is 1.00 bits per heavy atom. The Kier molecular flexibility index (Phi) is 4.21. The van der Waals surface area contributed by atoms with Gasteiger partial charge >= 0.3 is 0 Å². The second-order valence-electron chi connectivity index (χ2n) is 4.04. The van der Waals surface area contributed by atoms with Gasteiger partial charge in [-0.05, 0) is 41.8 Å². The molecule has 0 fully saturated rings. The highest BCUT2D eigenvalue weighted by Gasteiger charge is 1.96. The maximum Gasteiger partial charge on any atom is 0.0401 e. The van der Waals surface area contributed by atoms with E-state index < -0.39 is 0 Å². The van der Waals surface area contributed by atoms with Gasteiger partial charge in [-0.15, -0.1) is 0 Å². The molecule has 1 N–H and O–H groups in total. The van der Waals surface area contributed by atoms with Crippen LogP contribution in [0, 0.1) is 0 Å². The number of rotatable bonds is 4. The van der Waals surface area contributed by atoms with Gasteiger partial charge in [-0.2, -0.15) is 0 Å². The van der Waals surface area contributed by atoms with Gasteiger partial charge in [0.1, 0.15) is 0 Å². The molecule has 2 heteroatoms. The van der Waals surface area contributed by atoms with E-state index in [9.17, 15) is 0 Å². The number of aryl methyl sites for hydroxylation is 1. The van der Waals surface area contributed by atoms with Crippen LogP contribution in [0.3, 0.4) is 0 Å². The second-order valence-corrected chi connectivity index (χ2v) is 4.95. The molecule has 0 unspecified atom stereocenters. The molecule has 0 aromatic heterocycles. The van der Waals surface area contributed by atoms with E-state index in [0.29, 0.717) is 0 Å². The van der Waals surface area contributed by atoms with Crippen molar-refractivity contribution in [2.75, 3.05) is 5.32 Å². The quantitative estimate of drug-likeness (QED) is 0.866. The summed E-state index contributed by atoms with van der Waals surface area (Å²) in [6, 6.07) is 16.9. The van der Waals surface area contributed by atoms with E-state index in [-0.39, 0.29) is 0 Å². The van der Waals surface area contributed by atoms with Crippen LogP contribution in [0.4, 0.5) is 5.69 Å². The molecule has 0 atom stereocenters. The van der Waals surface area contributed by atoms with Crippen molar-refractivity contribution in [1.82, 2.24) is 0 Å². The van der Waals surface area contributed by atoms with Crippen molar-refractivity contribution in [3.63, 3.8) is 0 Å². The standard InChI is InChI=1S/C15H16BrN/c1-2-12-5-4-8-15(10-12)17-11-13-6-3-7-14(16)9-13/h3-10,17H,2,11H2,1H3. The topological polar surface area (TPSA) is 12.0 Å². The van der Waals surface area contributed by atoms with E-state index in [1.54, 1.807) is 0 Å². The molecular formula is C15H16BrN. The van der Waals surface area contributed by atoms with E-state index in [2.05, 4.69) is 70.6 Å². The molecule has 2 rings (SSSR count). The Labute approximate surface area is 111 Å². The lowest BCUT2D eigenvalue weighted by Gasteiger charge is -2.08. The summed E-state index contributed by atoms with van der Waals surface area (Å²) in [6.45, 7) is 3.03. The maximum absolute atomic E-state index is 3.48. The van der Waals surface area contributed by atoms with Crippen molar-refractivity contribution < 1.29 is 0 Å². The first kappa shape index (κ1) is 12.2. The summed E-state index contributed by atoms with van der Waals surface area (Å²) in [7, 11) is 0. The van der Waals surface area contributed by atoms with Crippen LogP contribution >= 0.6 is 15.9 Å². The summed E-state index contributed by atoms with van der Waals surface area (Å²) < 4.78 is 1.12. The number of anilines is 1. The number of nitrogens with one attached hydrogen (secondary N) is 1. The molecule has 0 saturated carbocycles. The lowest BCUT2D eigenvalue weighted by molar-refractivity contribution is 1.12. The van der Waals surface area contributed by atoms with Crippen LogP contribution in [0.1, 0.15) is 18.1 Å². The molecule has 0 aliphatic heterocycles. The first-order chi connectivity index (χ1) is 8.28. The number of halogens is 1. The molecule has 0 aliphatic carbocycles.